The highest BCUT2D eigenvalue weighted by Crippen LogP contribution is 2.16. The summed E-state index contributed by atoms with van der Waals surface area (Å²) in [4.78, 5) is 11.8. The van der Waals surface area contributed by atoms with Gasteiger partial charge in [0.05, 0.1) is 11.7 Å². The van der Waals surface area contributed by atoms with Crippen molar-refractivity contribution in [3.63, 3.8) is 0 Å². The molecule has 2 aromatic rings. The lowest BCUT2D eigenvalue weighted by atomic mass is 10.0. The number of rotatable bonds is 4. The van der Waals surface area contributed by atoms with Crippen molar-refractivity contribution in [3.05, 3.63) is 23.8 Å². The van der Waals surface area contributed by atoms with Crippen molar-refractivity contribution in [1.82, 2.24) is 14.1 Å². The van der Waals surface area contributed by atoms with E-state index in [1.54, 1.807) is 0 Å². The van der Waals surface area contributed by atoms with Crippen LogP contribution in [0.15, 0.2) is 18.2 Å². The molecule has 0 spiro atoms. The standard InChI is InChI=1S/C13H15N3O2S/c17-13(6-10-3-4-18-8-10)14-7-9-1-2-11-12(5-9)16-19-15-11/h1-2,5,10H,3-4,6-8H2,(H,14,17)/t10-/m0/s1. The molecule has 1 amide bonds. The van der Waals surface area contributed by atoms with Crippen LogP contribution in [-0.2, 0) is 16.1 Å². The van der Waals surface area contributed by atoms with Gasteiger partial charge in [0.15, 0.2) is 0 Å². The largest absolute Gasteiger partial charge is 0.381 e. The molecule has 6 heteroatoms. The van der Waals surface area contributed by atoms with E-state index in [1.165, 1.54) is 11.7 Å². The summed E-state index contributed by atoms with van der Waals surface area (Å²) in [6, 6.07) is 5.88. The third-order valence-corrected chi connectivity index (χ3v) is 3.86. The van der Waals surface area contributed by atoms with E-state index in [4.69, 9.17) is 4.74 Å². The average Bonchev–Trinajstić information content (AvgIpc) is 3.06. The highest BCUT2D eigenvalue weighted by molar-refractivity contribution is 7.00. The molecule has 0 radical (unpaired) electrons. The molecular formula is C13H15N3O2S. The lowest BCUT2D eigenvalue weighted by Gasteiger charge is -2.08. The fraction of sp³-hybridized carbons (Fsp3) is 0.462. The Kier molecular flexibility index (Phi) is 3.70. The first-order chi connectivity index (χ1) is 9.31. The normalized spacial score (nSPS) is 18.8. The van der Waals surface area contributed by atoms with Crippen LogP contribution in [0.3, 0.4) is 0 Å². The molecular weight excluding hydrogens is 262 g/mol. The quantitative estimate of drug-likeness (QED) is 0.924. The third kappa shape index (κ3) is 3.08. The minimum Gasteiger partial charge on any atom is -0.381 e. The maximum atomic E-state index is 11.8. The van der Waals surface area contributed by atoms with Crippen molar-refractivity contribution < 1.29 is 9.53 Å². The van der Waals surface area contributed by atoms with E-state index in [-0.39, 0.29) is 5.91 Å². The van der Waals surface area contributed by atoms with Crippen molar-refractivity contribution in [2.75, 3.05) is 13.2 Å². The second-order valence-corrected chi connectivity index (χ2v) is 5.33. The van der Waals surface area contributed by atoms with E-state index in [0.29, 0.717) is 25.5 Å². The van der Waals surface area contributed by atoms with Crippen LogP contribution >= 0.6 is 11.7 Å². The molecule has 0 saturated carbocycles. The summed E-state index contributed by atoms with van der Waals surface area (Å²) < 4.78 is 13.6. The Morgan fingerprint density at radius 3 is 3.16 bits per heavy atom. The van der Waals surface area contributed by atoms with E-state index >= 15 is 0 Å². The zero-order valence-electron chi connectivity index (χ0n) is 10.5. The predicted octanol–water partition coefficient (Wildman–Crippen LogP) is 1.73. The van der Waals surface area contributed by atoms with Gasteiger partial charge < -0.3 is 10.1 Å². The Morgan fingerprint density at radius 2 is 2.32 bits per heavy atom. The number of amides is 1. The Hall–Kier alpha value is -1.53. The zero-order valence-corrected chi connectivity index (χ0v) is 11.3. The van der Waals surface area contributed by atoms with Gasteiger partial charge in [-0.15, -0.1) is 0 Å². The van der Waals surface area contributed by atoms with Gasteiger partial charge in [-0.25, -0.2) is 0 Å². The molecule has 1 saturated heterocycles. The molecule has 1 atom stereocenters. The van der Waals surface area contributed by atoms with Gasteiger partial charge in [-0.3, -0.25) is 4.79 Å². The minimum absolute atomic E-state index is 0.0898. The van der Waals surface area contributed by atoms with Crippen molar-refractivity contribution >= 4 is 28.7 Å². The predicted molar refractivity (Wildman–Crippen MR) is 72.8 cm³/mol. The van der Waals surface area contributed by atoms with Crippen LogP contribution in [0.4, 0.5) is 0 Å². The number of nitrogens with one attached hydrogen (secondary N) is 1. The highest BCUT2D eigenvalue weighted by Gasteiger charge is 2.18. The van der Waals surface area contributed by atoms with Crippen LogP contribution in [0.5, 0.6) is 0 Å². The number of benzene rings is 1. The molecule has 1 aliphatic rings. The Labute approximate surface area is 115 Å². The van der Waals surface area contributed by atoms with Crippen molar-refractivity contribution in [1.29, 1.82) is 0 Å². The summed E-state index contributed by atoms with van der Waals surface area (Å²) in [6.45, 7) is 2.04. The first-order valence-corrected chi connectivity index (χ1v) is 7.10. The van der Waals surface area contributed by atoms with Crippen molar-refractivity contribution in [3.8, 4) is 0 Å². The van der Waals surface area contributed by atoms with Gasteiger partial charge in [0.2, 0.25) is 5.91 Å². The summed E-state index contributed by atoms with van der Waals surface area (Å²) in [5.41, 5.74) is 2.85. The molecule has 0 unspecified atom stereocenters. The number of carbonyl (C=O) groups is 1. The lowest BCUT2D eigenvalue weighted by molar-refractivity contribution is -0.122. The number of aromatic nitrogens is 2. The molecule has 1 N–H and O–H groups in total. The molecule has 0 bridgehead atoms. The SMILES string of the molecule is O=C(C[C@@H]1CCOC1)NCc1ccc2nsnc2c1. The molecule has 2 heterocycles. The summed E-state index contributed by atoms with van der Waals surface area (Å²) in [7, 11) is 0. The van der Waals surface area contributed by atoms with E-state index in [2.05, 4.69) is 14.1 Å². The topological polar surface area (TPSA) is 64.1 Å². The molecule has 19 heavy (non-hydrogen) atoms. The monoisotopic (exact) mass is 277 g/mol. The second-order valence-electron chi connectivity index (χ2n) is 4.80. The van der Waals surface area contributed by atoms with Gasteiger partial charge in [-0.05, 0) is 30.0 Å². The maximum Gasteiger partial charge on any atom is 0.220 e. The molecule has 1 aromatic carbocycles. The summed E-state index contributed by atoms with van der Waals surface area (Å²) in [5, 5.41) is 2.94. The fourth-order valence-electron chi connectivity index (χ4n) is 2.22. The van der Waals surface area contributed by atoms with Gasteiger partial charge >= 0.3 is 0 Å². The number of fused-ring (bicyclic) bond motifs is 1. The van der Waals surface area contributed by atoms with Gasteiger partial charge in [-0.1, -0.05) is 6.07 Å². The fourth-order valence-corrected chi connectivity index (χ4v) is 2.73. The van der Waals surface area contributed by atoms with Crippen molar-refractivity contribution in [2.24, 2.45) is 5.92 Å². The first-order valence-electron chi connectivity index (χ1n) is 6.37. The minimum atomic E-state index is 0.0898. The van der Waals surface area contributed by atoms with E-state index in [1.807, 2.05) is 18.2 Å². The molecule has 1 aromatic heterocycles. The first kappa shape index (κ1) is 12.5. The molecule has 0 aliphatic carbocycles. The van der Waals surface area contributed by atoms with Gasteiger partial charge in [-0.2, -0.15) is 8.75 Å². The van der Waals surface area contributed by atoms with Crippen LogP contribution in [0, 0.1) is 5.92 Å². The number of carbonyl (C=O) groups excluding carboxylic acids is 1. The number of hydrogen-bond donors (Lipinski definition) is 1. The van der Waals surface area contributed by atoms with Crippen molar-refractivity contribution in [2.45, 2.75) is 19.4 Å². The smallest absolute Gasteiger partial charge is 0.220 e. The van der Waals surface area contributed by atoms with Crippen LogP contribution in [0.1, 0.15) is 18.4 Å². The molecule has 1 fully saturated rings. The second kappa shape index (κ2) is 5.63. The molecule has 5 nitrogen and oxygen atoms in total. The number of hydrogen-bond acceptors (Lipinski definition) is 5. The molecule has 1 aliphatic heterocycles. The Morgan fingerprint density at radius 1 is 1.42 bits per heavy atom. The third-order valence-electron chi connectivity index (χ3n) is 3.31. The summed E-state index contributed by atoms with van der Waals surface area (Å²) in [6.07, 6.45) is 1.55. The number of ether oxygens (including phenoxy) is 1. The van der Waals surface area contributed by atoms with E-state index in [0.717, 1.165) is 29.6 Å². The lowest BCUT2D eigenvalue weighted by Crippen LogP contribution is -2.25. The van der Waals surface area contributed by atoms with E-state index in [9.17, 15) is 4.79 Å². The summed E-state index contributed by atoms with van der Waals surface area (Å²) in [5.74, 6) is 0.470. The van der Waals surface area contributed by atoms with Crippen LogP contribution in [0.2, 0.25) is 0 Å². The van der Waals surface area contributed by atoms with Gasteiger partial charge in [0, 0.05) is 26.2 Å². The van der Waals surface area contributed by atoms with Gasteiger partial charge in [0.1, 0.15) is 11.0 Å². The molecule has 3 rings (SSSR count). The summed E-state index contributed by atoms with van der Waals surface area (Å²) >= 11 is 1.21. The zero-order chi connectivity index (χ0) is 13.1. The van der Waals surface area contributed by atoms with Gasteiger partial charge in [0.25, 0.3) is 0 Å². The average molecular weight is 277 g/mol. The highest BCUT2D eigenvalue weighted by atomic mass is 32.1. The Balaban J connectivity index is 1.54. The van der Waals surface area contributed by atoms with Crippen LogP contribution < -0.4 is 5.32 Å². The van der Waals surface area contributed by atoms with Crippen LogP contribution in [0.25, 0.3) is 11.0 Å². The Bertz CT molecular complexity index is 578. The maximum absolute atomic E-state index is 11.8. The molecule has 100 valence electrons. The number of nitrogens with zero attached hydrogens (tertiary/aromatic N) is 2. The van der Waals surface area contributed by atoms with E-state index < -0.39 is 0 Å². The van der Waals surface area contributed by atoms with Crippen LogP contribution in [-0.4, -0.2) is 27.9 Å².